The van der Waals surface area contributed by atoms with E-state index in [0.29, 0.717) is 13.1 Å². The number of carbonyl (C=O) groups excluding carboxylic acids is 1. The highest BCUT2D eigenvalue weighted by molar-refractivity contribution is 5.68. The first-order valence-electron chi connectivity index (χ1n) is 9.68. The van der Waals surface area contributed by atoms with Gasteiger partial charge in [0.15, 0.2) is 0 Å². The van der Waals surface area contributed by atoms with Crippen molar-refractivity contribution in [1.29, 1.82) is 0 Å². The molecular weight excluding hydrogens is 352 g/mol. The van der Waals surface area contributed by atoms with Crippen molar-refractivity contribution in [3.8, 4) is 0 Å². The minimum absolute atomic E-state index is 0.244. The molecule has 6 heteroatoms. The smallest absolute Gasteiger partial charge is 0.410 e. The maximum absolute atomic E-state index is 12.5. The van der Waals surface area contributed by atoms with Crippen LogP contribution >= 0.6 is 0 Å². The lowest BCUT2D eigenvalue weighted by atomic mass is 10.0. The summed E-state index contributed by atoms with van der Waals surface area (Å²) in [6.07, 6.45) is 4.06. The molecule has 0 atom stereocenters. The normalized spacial score (nSPS) is 17.5. The largest absolute Gasteiger partial charge is 0.445 e. The fourth-order valence-electron chi connectivity index (χ4n) is 3.94. The summed E-state index contributed by atoms with van der Waals surface area (Å²) in [6, 6.07) is 14.2. The zero-order chi connectivity index (χ0) is 19.3. The fraction of sp³-hybridized carbons (Fsp3) is 0.364. The fourth-order valence-corrected chi connectivity index (χ4v) is 3.94. The van der Waals surface area contributed by atoms with Gasteiger partial charge in [-0.1, -0.05) is 30.3 Å². The molecule has 0 spiro atoms. The predicted molar refractivity (Wildman–Crippen MR) is 107 cm³/mol. The number of ether oxygens (including phenoxy) is 1. The van der Waals surface area contributed by atoms with Crippen LogP contribution in [-0.2, 0) is 17.9 Å². The standard InChI is InChI=1S/C22H26N4O2/c1-24-17-25(13-18-5-3-2-4-6-18)14-20-15-26(12-9-21(20)24)22(27)28-16-19-7-10-23-11-8-19/h2-8,10-11H,9,12-17H2,1H3. The maximum Gasteiger partial charge on any atom is 0.410 e. The van der Waals surface area contributed by atoms with E-state index >= 15 is 0 Å². The second-order valence-electron chi connectivity index (χ2n) is 7.44. The summed E-state index contributed by atoms with van der Waals surface area (Å²) in [5.41, 5.74) is 4.95. The Morgan fingerprint density at radius 1 is 1.07 bits per heavy atom. The summed E-state index contributed by atoms with van der Waals surface area (Å²) in [5, 5.41) is 0. The molecule has 3 heterocycles. The molecule has 0 bridgehead atoms. The minimum Gasteiger partial charge on any atom is -0.445 e. The van der Waals surface area contributed by atoms with Gasteiger partial charge in [0, 0.05) is 57.7 Å². The quantitative estimate of drug-likeness (QED) is 0.818. The van der Waals surface area contributed by atoms with E-state index in [-0.39, 0.29) is 12.7 Å². The number of hydrogen-bond acceptors (Lipinski definition) is 5. The summed E-state index contributed by atoms with van der Waals surface area (Å²) in [5.74, 6) is 0. The van der Waals surface area contributed by atoms with Crippen LogP contribution in [0.15, 0.2) is 66.1 Å². The first kappa shape index (κ1) is 18.5. The lowest BCUT2D eigenvalue weighted by molar-refractivity contribution is 0.0871. The van der Waals surface area contributed by atoms with Crippen molar-refractivity contribution in [2.45, 2.75) is 19.6 Å². The highest BCUT2D eigenvalue weighted by atomic mass is 16.6. The number of rotatable bonds is 4. The lowest BCUT2D eigenvalue weighted by Gasteiger charge is -2.42. The molecule has 28 heavy (non-hydrogen) atoms. The first-order valence-corrected chi connectivity index (χ1v) is 9.68. The third kappa shape index (κ3) is 4.34. The van der Waals surface area contributed by atoms with Crippen LogP contribution in [0.5, 0.6) is 0 Å². The van der Waals surface area contributed by atoms with E-state index in [1.165, 1.54) is 16.8 Å². The molecule has 0 saturated carbocycles. The van der Waals surface area contributed by atoms with Gasteiger partial charge in [-0.3, -0.25) is 9.88 Å². The highest BCUT2D eigenvalue weighted by Crippen LogP contribution is 2.27. The Balaban J connectivity index is 1.37. The van der Waals surface area contributed by atoms with Gasteiger partial charge in [0.25, 0.3) is 0 Å². The number of amides is 1. The molecule has 4 rings (SSSR count). The number of pyridine rings is 1. The van der Waals surface area contributed by atoms with Crippen LogP contribution in [-0.4, -0.2) is 59.1 Å². The zero-order valence-electron chi connectivity index (χ0n) is 16.3. The van der Waals surface area contributed by atoms with E-state index in [0.717, 1.165) is 31.7 Å². The first-order chi connectivity index (χ1) is 13.7. The van der Waals surface area contributed by atoms with Crippen molar-refractivity contribution in [2.75, 3.05) is 33.4 Å². The van der Waals surface area contributed by atoms with Crippen molar-refractivity contribution in [1.82, 2.24) is 19.7 Å². The van der Waals surface area contributed by atoms with Crippen LogP contribution < -0.4 is 0 Å². The van der Waals surface area contributed by atoms with Gasteiger partial charge in [-0.15, -0.1) is 0 Å². The summed E-state index contributed by atoms with van der Waals surface area (Å²) >= 11 is 0. The summed E-state index contributed by atoms with van der Waals surface area (Å²) in [6.45, 7) is 4.35. The van der Waals surface area contributed by atoms with Crippen LogP contribution in [0, 0.1) is 0 Å². The second-order valence-corrected chi connectivity index (χ2v) is 7.44. The van der Waals surface area contributed by atoms with Crippen LogP contribution in [0.3, 0.4) is 0 Å². The number of benzene rings is 1. The lowest BCUT2D eigenvalue weighted by Crippen LogP contribution is -2.48. The van der Waals surface area contributed by atoms with Crippen molar-refractivity contribution >= 4 is 6.09 Å². The van der Waals surface area contributed by atoms with E-state index in [4.69, 9.17) is 4.74 Å². The predicted octanol–water partition coefficient (Wildman–Crippen LogP) is 3.08. The molecule has 0 N–H and O–H groups in total. The van der Waals surface area contributed by atoms with E-state index in [9.17, 15) is 4.79 Å². The SMILES string of the molecule is CN1CN(Cc2ccccc2)CC2=C1CCN(C(=O)OCc1ccncc1)C2. The van der Waals surface area contributed by atoms with Crippen molar-refractivity contribution < 1.29 is 9.53 Å². The Bertz CT molecular complexity index is 838. The maximum atomic E-state index is 12.5. The van der Waals surface area contributed by atoms with E-state index in [2.05, 4.69) is 46.1 Å². The molecule has 1 aromatic carbocycles. The van der Waals surface area contributed by atoms with Gasteiger partial charge in [-0.2, -0.15) is 0 Å². The molecule has 2 aromatic rings. The molecule has 1 amide bonds. The third-order valence-electron chi connectivity index (χ3n) is 5.31. The average molecular weight is 378 g/mol. The van der Waals surface area contributed by atoms with Crippen LogP contribution in [0.1, 0.15) is 17.5 Å². The van der Waals surface area contributed by atoms with Crippen molar-refractivity contribution in [2.24, 2.45) is 0 Å². The number of carbonyl (C=O) groups is 1. The van der Waals surface area contributed by atoms with Crippen molar-refractivity contribution in [3.63, 3.8) is 0 Å². The van der Waals surface area contributed by atoms with Gasteiger partial charge in [-0.05, 0) is 28.8 Å². The molecule has 146 valence electrons. The molecule has 0 fully saturated rings. The number of aromatic nitrogens is 1. The molecule has 2 aliphatic rings. The van der Waals surface area contributed by atoms with Gasteiger partial charge < -0.3 is 14.5 Å². The van der Waals surface area contributed by atoms with Gasteiger partial charge in [0.2, 0.25) is 0 Å². The Kier molecular flexibility index (Phi) is 5.58. The van der Waals surface area contributed by atoms with Gasteiger partial charge in [0.05, 0.1) is 6.67 Å². The Hall–Kier alpha value is -2.86. The molecule has 0 aliphatic carbocycles. The van der Waals surface area contributed by atoms with E-state index in [1.54, 1.807) is 12.4 Å². The average Bonchev–Trinajstić information content (AvgIpc) is 2.73. The Labute approximate surface area is 166 Å². The number of hydrogen-bond donors (Lipinski definition) is 0. The van der Waals surface area contributed by atoms with Crippen LogP contribution in [0.25, 0.3) is 0 Å². The van der Waals surface area contributed by atoms with Crippen LogP contribution in [0.2, 0.25) is 0 Å². The summed E-state index contributed by atoms with van der Waals surface area (Å²) in [4.78, 5) is 23.1. The monoisotopic (exact) mass is 378 g/mol. The van der Waals surface area contributed by atoms with Crippen LogP contribution in [0.4, 0.5) is 4.79 Å². The molecule has 2 aliphatic heterocycles. The van der Waals surface area contributed by atoms with Crippen molar-refractivity contribution in [3.05, 3.63) is 77.3 Å². The topological polar surface area (TPSA) is 48.9 Å². The van der Waals surface area contributed by atoms with E-state index < -0.39 is 0 Å². The molecule has 0 unspecified atom stereocenters. The highest BCUT2D eigenvalue weighted by Gasteiger charge is 2.30. The molecule has 6 nitrogen and oxygen atoms in total. The van der Waals surface area contributed by atoms with E-state index in [1.807, 2.05) is 23.1 Å². The Morgan fingerprint density at radius 2 is 1.86 bits per heavy atom. The molecule has 1 aromatic heterocycles. The molecule has 0 radical (unpaired) electrons. The van der Waals surface area contributed by atoms with Gasteiger partial charge in [-0.25, -0.2) is 4.79 Å². The second kappa shape index (κ2) is 8.44. The minimum atomic E-state index is -0.244. The van der Waals surface area contributed by atoms with Gasteiger partial charge >= 0.3 is 6.09 Å². The number of nitrogens with zero attached hydrogens (tertiary/aromatic N) is 4. The Morgan fingerprint density at radius 3 is 2.64 bits per heavy atom. The van der Waals surface area contributed by atoms with Gasteiger partial charge in [0.1, 0.15) is 6.61 Å². The molecule has 0 saturated heterocycles. The zero-order valence-corrected chi connectivity index (χ0v) is 16.3. The molecular formula is C22H26N4O2. The summed E-state index contributed by atoms with van der Waals surface area (Å²) in [7, 11) is 2.14. The third-order valence-corrected chi connectivity index (χ3v) is 5.31. The summed E-state index contributed by atoms with van der Waals surface area (Å²) < 4.78 is 5.51.